The van der Waals surface area contributed by atoms with E-state index in [1.54, 1.807) is 7.05 Å². The second kappa shape index (κ2) is 4.70. The van der Waals surface area contributed by atoms with Crippen molar-refractivity contribution in [2.45, 2.75) is 0 Å². The molecule has 0 bridgehead atoms. The van der Waals surface area contributed by atoms with Crippen LogP contribution in [0.5, 0.6) is 11.8 Å². The largest absolute Gasteiger partial charge is 0.422 e. The van der Waals surface area contributed by atoms with E-state index in [0.29, 0.717) is 0 Å². The van der Waals surface area contributed by atoms with Gasteiger partial charge in [-0.05, 0) is 18.2 Å². The van der Waals surface area contributed by atoms with Crippen LogP contribution in [0.1, 0.15) is 5.56 Å². The van der Waals surface area contributed by atoms with Gasteiger partial charge >= 0.3 is 6.01 Å². The molecule has 0 saturated heterocycles. The summed E-state index contributed by atoms with van der Waals surface area (Å²) in [7, 11) is 1.68. The van der Waals surface area contributed by atoms with E-state index in [-0.39, 0.29) is 23.2 Å². The lowest BCUT2D eigenvalue weighted by Crippen LogP contribution is -2.14. The van der Waals surface area contributed by atoms with Gasteiger partial charge in [-0.15, -0.1) is 5.10 Å². The predicted octanol–water partition coefficient (Wildman–Crippen LogP) is 0.841. The molecule has 0 spiro atoms. The smallest absolute Gasteiger partial charge is 0.341 e. The molecular formula is C10H10FN5O2. The van der Waals surface area contributed by atoms with Gasteiger partial charge < -0.3 is 15.7 Å². The van der Waals surface area contributed by atoms with Gasteiger partial charge in [0, 0.05) is 7.05 Å². The van der Waals surface area contributed by atoms with Gasteiger partial charge in [-0.3, -0.25) is 4.68 Å². The molecule has 1 aromatic carbocycles. The first-order valence-corrected chi connectivity index (χ1v) is 4.91. The first-order chi connectivity index (χ1) is 8.60. The number of nitrogens with two attached hydrogens (primary N) is 1. The molecular weight excluding hydrogens is 241 g/mol. The van der Waals surface area contributed by atoms with Crippen LogP contribution in [0.2, 0.25) is 0 Å². The van der Waals surface area contributed by atoms with Crippen molar-refractivity contribution in [2.75, 3.05) is 0 Å². The number of halogens is 1. The van der Waals surface area contributed by atoms with Gasteiger partial charge in [-0.25, -0.2) is 4.39 Å². The molecule has 2 rings (SSSR count). The Labute approximate surface area is 101 Å². The maximum absolute atomic E-state index is 13.1. The van der Waals surface area contributed by atoms with Gasteiger partial charge in [0.2, 0.25) is 0 Å². The van der Waals surface area contributed by atoms with Crippen LogP contribution in [0.3, 0.4) is 0 Å². The molecule has 0 radical (unpaired) electrons. The fourth-order valence-electron chi connectivity index (χ4n) is 1.31. The third-order valence-electron chi connectivity index (χ3n) is 2.11. The Kier molecular flexibility index (Phi) is 3.09. The fourth-order valence-corrected chi connectivity index (χ4v) is 1.31. The van der Waals surface area contributed by atoms with Crippen LogP contribution in [-0.2, 0) is 7.05 Å². The summed E-state index contributed by atoms with van der Waals surface area (Å²) in [6.45, 7) is 0. The minimum atomic E-state index is -0.530. The monoisotopic (exact) mass is 251 g/mol. The Morgan fingerprint density at radius 1 is 1.56 bits per heavy atom. The van der Waals surface area contributed by atoms with Gasteiger partial charge in [0.05, 0.1) is 5.56 Å². The third kappa shape index (κ3) is 2.37. The Bertz CT molecular complexity index is 596. The maximum Gasteiger partial charge on any atom is 0.341 e. The van der Waals surface area contributed by atoms with Gasteiger partial charge in [0.25, 0.3) is 0 Å². The molecule has 0 unspecified atom stereocenters. The number of aromatic nitrogens is 3. The Hall–Kier alpha value is -2.64. The quantitative estimate of drug-likeness (QED) is 0.364. The van der Waals surface area contributed by atoms with Crippen molar-refractivity contribution in [3.05, 3.63) is 35.9 Å². The summed E-state index contributed by atoms with van der Waals surface area (Å²) in [6.07, 6.45) is 1.45. The summed E-state index contributed by atoms with van der Waals surface area (Å²) < 4.78 is 19.9. The summed E-state index contributed by atoms with van der Waals surface area (Å²) in [5.41, 5.74) is 5.55. The van der Waals surface area contributed by atoms with E-state index in [0.717, 1.165) is 6.07 Å². The number of nitrogens with zero attached hydrogens (tertiary/aromatic N) is 4. The lowest BCUT2D eigenvalue weighted by atomic mass is 10.2. The highest BCUT2D eigenvalue weighted by atomic mass is 19.1. The number of oxime groups is 1. The fraction of sp³-hybridized carbons (Fsp3) is 0.100. The van der Waals surface area contributed by atoms with Crippen molar-refractivity contribution in [2.24, 2.45) is 17.9 Å². The number of hydrogen-bond acceptors (Lipinski definition) is 5. The van der Waals surface area contributed by atoms with Crippen LogP contribution in [0.4, 0.5) is 4.39 Å². The van der Waals surface area contributed by atoms with E-state index in [2.05, 4.69) is 15.2 Å². The van der Waals surface area contributed by atoms with Crippen LogP contribution in [0.25, 0.3) is 0 Å². The molecule has 0 aliphatic carbocycles. The van der Waals surface area contributed by atoms with Crippen LogP contribution in [-0.4, -0.2) is 25.8 Å². The van der Waals surface area contributed by atoms with Crippen molar-refractivity contribution in [1.29, 1.82) is 0 Å². The third-order valence-corrected chi connectivity index (χ3v) is 2.11. The summed E-state index contributed by atoms with van der Waals surface area (Å²) in [4.78, 5) is 3.85. The van der Waals surface area contributed by atoms with E-state index in [9.17, 15) is 4.39 Å². The average molecular weight is 251 g/mol. The van der Waals surface area contributed by atoms with Crippen LogP contribution < -0.4 is 10.5 Å². The molecule has 0 atom stereocenters. The standard InChI is InChI=1S/C10H10FN5O2/c1-16-5-13-10(14-16)18-8-3-2-6(11)4-7(8)9(12)15-17/h2-5,17H,1H3,(H2,12,15). The molecule has 3 N–H and O–H groups in total. The molecule has 0 fully saturated rings. The number of ether oxygens (including phenoxy) is 1. The first kappa shape index (κ1) is 11.8. The molecule has 8 heteroatoms. The van der Waals surface area contributed by atoms with E-state index in [1.165, 1.54) is 23.1 Å². The number of rotatable bonds is 3. The molecule has 18 heavy (non-hydrogen) atoms. The average Bonchev–Trinajstić information content (AvgIpc) is 2.76. The van der Waals surface area contributed by atoms with Crippen molar-refractivity contribution >= 4 is 5.84 Å². The highest BCUT2D eigenvalue weighted by Gasteiger charge is 2.12. The summed E-state index contributed by atoms with van der Waals surface area (Å²) in [6, 6.07) is 3.70. The van der Waals surface area contributed by atoms with E-state index in [1.807, 2.05) is 0 Å². The van der Waals surface area contributed by atoms with Gasteiger partial charge in [-0.1, -0.05) is 5.16 Å². The predicted molar refractivity (Wildman–Crippen MR) is 60.0 cm³/mol. The van der Waals surface area contributed by atoms with E-state index in [4.69, 9.17) is 15.7 Å². The normalized spacial score (nSPS) is 11.6. The lowest BCUT2D eigenvalue weighted by Gasteiger charge is -2.07. The highest BCUT2D eigenvalue weighted by Crippen LogP contribution is 2.23. The number of hydrogen-bond donors (Lipinski definition) is 2. The summed E-state index contributed by atoms with van der Waals surface area (Å²) in [5.74, 6) is -0.601. The van der Waals surface area contributed by atoms with Gasteiger partial charge in [-0.2, -0.15) is 4.98 Å². The second-order valence-corrected chi connectivity index (χ2v) is 3.43. The molecule has 0 aliphatic heterocycles. The van der Waals surface area contributed by atoms with Crippen LogP contribution >= 0.6 is 0 Å². The first-order valence-electron chi connectivity index (χ1n) is 4.91. The molecule has 94 valence electrons. The van der Waals surface area contributed by atoms with Gasteiger partial charge in [0.15, 0.2) is 5.84 Å². The molecule has 7 nitrogen and oxygen atoms in total. The minimum absolute atomic E-state index is 0.0797. The summed E-state index contributed by atoms with van der Waals surface area (Å²) in [5, 5.41) is 15.3. The van der Waals surface area contributed by atoms with Crippen LogP contribution in [0.15, 0.2) is 29.7 Å². The lowest BCUT2D eigenvalue weighted by molar-refractivity contribution is 0.318. The van der Waals surface area contributed by atoms with Gasteiger partial charge in [0.1, 0.15) is 17.9 Å². The second-order valence-electron chi connectivity index (χ2n) is 3.43. The zero-order valence-corrected chi connectivity index (χ0v) is 9.41. The zero-order valence-electron chi connectivity index (χ0n) is 9.41. The van der Waals surface area contributed by atoms with Crippen molar-refractivity contribution in [3.63, 3.8) is 0 Å². The minimum Gasteiger partial charge on any atom is -0.422 e. The summed E-state index contributed by atoms with van der Waals surface area (Å²) >= 11 is 0. The maximum atomic E-state index is 13.1. The van der Waals surface area contributed by atoms with Crippen LogP contribution in [0, 0.1) is 5.82 Å². The number of aryl methyl sites for hydroxylation is 1. The number of benzene rings is 1. The van der Waals surface area contributed by atoms with Crippen molar-refractivity contribution in [3.8, 4) is 11.8 Å². The molecule has 0 saturated carbocycles. The molecule has 2 aromatic rings. The van der Waals surface area contributed by atoms with Crippen molar-refractivity contribution < 1.29 is 14.3 Å². The molecule has 0 aliphatic rings. The van der Waals surface area contributed by atoms with E-state index >= 15 is 0 Å². The molecule has 1 heterocycles. The Morgan fingerprint density at radius 3 is 2.94 bits per heavy atom. The highest BCUT2D eigenvalue weighted by molar-refractivity contribution is 5.99. The molecule has 0 amide bonds. The SMILES string of the molecule is Cn1cnc(Oc2ccc(F)cc2/C(N)=N/O)n1. The number of amidine groups is 1. The zero-order chi connectivity index (χ0) is 13.1. The van der Waals surface area contributed by atoms with Crippen molar-refractivity contribution in [1.82, 2.24) is 14.8 Å². The van der Waals surface area contributed by atoms with E-state index < -0.39 is 5.82 Å². The molecule has 1 aromatic heterocycles. The topological polar surface area (TPSA) is 98.6 Å². The Balaban J connectivity index is 2.38. The Morgan fingerprint density at radius 2 is 2.33 bits per heavy atom.